The van der Waals surface area contributed by atoms with Crippen molar-refractivity contribution in [2.45, 2.75) is 32.2 Å². The minimum absolute atomic E-state index is 0. The van der Waals surface area contributed by atoms with Crippen LogP contribution in [0.25, 0.3) is 5.69 Å². The molecule has 1 saturated heterocycles. The first-order chi connectivity index (χ1) is 11.6. The molecular formula is C16H20Cl3N5O. The van der Waals surface area contributed by atoms with Crippen LogP contribution in [0.2, 0.25) is 10.0 Å². The van der Waals surface area contributed by atoms with E-state index in [9.17, 15) is 4.79 Å². The van der Waals surface area contributed by atoms with Crippen LogP contribution in [-0.2, 0) is 6.42 Å². The van der Waals surface area contributed by atoms with Crippen LogP contribution in [0.1, 0.15) is 36.2 Å². The predicted octanol–water partition coefficient (Wildman–Crippen LogP) is 3.12. The molecule has 1 aromatic heterocycles. The highest BCUT2D eigenvalue weighted by molar-refractivity contribution is 6.37. The number of hydrogen-bond donors (Lipinski definition) is 1. The summed E-state index contributed by atoms with van der Waals surface area (Å²) in [5.41, 5.74) is 6.30. The maximum absolute atomic E-state index is 12.8. The molecule has 0 spiro atoms. The Kier molecular flexibility index (Phi) is 6.68. The first kappa shape index (κ1) is 20.0. The van der Waals surface area contributed by atoms with Crippen LogP contribution in [0.3, 0.4) is 0 Å². The number of halogens is 3. The van der Waals surface area contributed by atoms with E-state index in [0.29, 0.717) is 41.1 Å². The summed E-state index contributed by atoms with van der Waals surface area (Å²) in [6.07, 6.45) is 2.47. The van der Waals surface area contributed by atoms with Crippen LogP contribution in [0.5, 0.6) is 0 Å². The van der Waals surface area contributed by atoms with Gasteiger partial charge in [0.25, 0.3) is 5.91 Å². The minimum Gasteiger partial charge on any atom is -0.332 e. The lowest BCUT2D eigenvalue weighted by Crippen LogP contribution is -2.40. The molecule has 3 rings (SSSR count). The zero-order valence-electron chi connectivity index (χ0n) is 13.8. The molecule has 1 atom stereocenters. The van der Waals surface area contributed by atoms with Gasteiger partial charge in [0.1, 0.15) is 11.5 Å². The van der Waals surface area contributed by atoms with Crippen LogP contribution in [0.15, 0.2) is 18.2 Å². The molecule has 1 fully saturated rings. The number of hydrogen-bond acceptors (Lipinski definition) is 4. The van der Waals surface area contributed by atoms with Crippen LogP contribution >= 0.6 is 35.6 Å². The Morgan fingerprint density at radius 2 is 2.04 bits per heavy atom. The van der Waals surface area contributed by atoms with Crippen molar-refractivity contribution in [1.29, 1.82) is 0 Å². The molecule has 9 heteroatoms. The molecule has 0 saturated carbocycles. The number of benzene rings is 1. The SMILES string of the molecule is CCc1nc(C(=O)N2CCCC2CN)nn1-c1c(Cl)cccc1Cl.Cl. The Morgan fingerprint density at radius 1 is 1.36 bits per heavy atom. The molecule has 0 bridgehead atoms. The third-order valence-corrected chi connectivity index (χ3v) is 4.85. The molecule has 1 aliphatic heterocycles. The summed E-state index contributed by atoms with van der Waals surface area (Å²) in [7, 11) is 0. The van der Waals surface area contributed by atoms with Gasteiger partial charge in [0, 0.05) is 25.6 Å². The van der Waals surface area contributed by atoms with E-state index >= 15 is 0 Å². The van der Waals surface area contributed by atoms with Gasteiger partial charge in [0.15, 0.2) is 0 Å². The molecule has 0 radical (unpaired) electrons. The quantitative estimate of drug-likeness (QED) is 0.849. The fourth-order valence-corrected chi connectivity index (χ4v) is 3.57. The zero-order chi connectivity index (χ0) is 17.3. The van der Waals surface area contributed by atoms with Crippen LogP contribution in [-0.4, -0.2) is 44.7 Å². The van der Waals surface area contributed by atoms with E-state index < -0.39 is 0 Å². The molecule has 136 valence electrons. The Balaban J connectivity index is 0.00000225. The van der Waals surface area contributed by atoms with Crippen molar-refractivity contribution in [1.82, 2.24) is 19.7 Å². The summed E-state index contributed by atoms with van der Waals surface area (Å²) >= 11 is 12.5. The molecule has 0 aliphatic carbocycles. The summed E-state index contributed by atoms with van der Waals surface area (Å²) in [4.78, 5) is 18.9. The van der Waals surface area contributed by atoms with Crippen molar-refractivity contribution in [3.8, 4) is 5.69 Å². The molecule has 2 heterocycles. The topological polar surface area (TPSA) is 77.0 Å². The highest BCUT2D eigenvalue weighted by Crippen LogP contribution is 2.29. The second kappa shape index (κ2) is 8.36. The van der Waals surface area contributed by atoms with Gasteiger partial charge in [-0.15, -0.1) is 17.5 Å². The van der Waals surface area contributed by atoms with Crippen molar-refractivity contribution in [2.24, 2.45) is 5.73 Å². The van der Waals surface area contributed by atoms with E-state index in [1.54, 1.807) is 27.8 Å². The summed E-state index contributed by atoms with van der Waals surface area (Å²) in [6.45, 7) is 3.07. The van der Waals surface area contributed by atoms with E-state index in [1.165, 1.54) is 0 Å². The van der Waals surface area contributed by atoms with Gasteiger partial charge in [0.05, 0.1) is 10.0 Å². The van der Waals surface area contributed by atoms with E-state index in [-0.39, 0.29) is 30.2 Å². The summed E-state index contributed by atoms with van der Waals surface area (Å²) in [6, 6.07) is 5.28. The number of carbonyl (C=O) groups is 1. The number of nitrogens with zero attached hydrogens (tertiary/aromatic N) is 4. The Morgan fingerprint density at radius 3 is 2.64 bits per heavy atom. The lowest BCUT2D eigenvalue weighted by atomic mass is 10.2. The summed E-state index contributed by atoms with van der Waals surface area (Å²) < 4.78 is 1.56. The molecule has 6 nitrogen and oxygen atoms in total. The molecule has 2 aromatic rings. The van der Waals surface area contributed by atoms with Crippen LogP contribution in [0, 0.1) is 0 Å². The lowest BCUT2D eigenvalue weighted by molar-refractivity contribution is 0.0729. The van der Waals surface area contributed by atoms with Crippen molar-refractivity contribution in [2.75, 3.05) is 13.1 Å². The van der Waals surface area contributed by atoms with Gasteiger partial charge >= 0.3 is 0 Å². The summed E-state index contributed by atoms with van der Waals surface area (Å²) in [5, 5.41) is 5.31. The normalized spacial score (nSPS) is 16.8. The third-order valence-electron chi connectivity index (χ3n) is 4.24. The van der Waals surface area contributed by atoms with Gasteiger partial charge in [-0.05, 0) is 25.0 Å². The number of para-hydroxylation sites is 1. The number of aromatic nitrogens is 3. The summed E-state index contributed by atoms with van der Waals surface area (Å²) in [5.74, 6) is 0.597. The standard InChI is InChI=1S/C16H19Cl2N5O.ClH/c1-2-13-20-15(16(24)22-8-4-5-10(22)9-19)21-23(13)14-11(17)6-3-7-12(14)18;/h3,6-7,10H,2,4-5,8-9,19H2,1H3;1H. The van der Waals surface area contributed by atoms with Crippen molar-refractivity contribution >= 4 is 41.5 Å². The van der Waals surface area contributed by atoms with Gasteiger partial charge in [-0.2, -0.15) is 0 Å². The Bertz CT molecular complexity index is 744. The predicted molar refractivity (Wildman–Crippen MR) is 101 cm³/mol. The van der Waals surface area contributed by atoms with Crippen LogP contribution < -0.4 is 5.73 Å². The molecular weight excluding hydrogens is 385 g/mol. The van der Waals surface area contributed by atoms with Gasteiger partial charge in [-0.3, -0.25) is 4.79 Å². The highest BCUT2D eigenvalue weighted by Gasteiger charge is 2.31. The molecule has 1 aromatic carbocycles. The molecule has 1 unspecified atom stereocenters. The van der Waals surface area contributed by atoms with E-state index in [4.69, 9.17) is 28.9 Å². The monoisotopic (exact) mass is 403 g/mol. The van der Waals surface area contributed by atoms with Crippen molar-refractivity contribution in [3.05, 3.63) is 39.9 Å². The number of nitrogens with two attached hydrogens (primary N) is 1. The third kappa shape index (κ3) is 3.77. The Hall–Kier alpha value is -1.34. The number of rotatable bonds is 4. The lowest BCUT2D eigenvalue weighted by Gasteiger charge is -2.21. The second-order valence-electron chi connectivity index (χ2n) is 5.72. The number of amides is 1. The average molecular weight is 405 g/mol. The highest BCUT2D eigenvalue weighted by atomic mass is 35.5. The van der Waals surface area contributed by atoms with Gasteiger partial charge in [-0.1, -0.05) is 36.2 Å². The fraction of sp³-hybridized carbons (Fsp3) is 0.438. The number of carbonyl (C=O) groups excluding carboxylic acids is 1. The number of likely N-dealkylation sites (tertiary alicyclic amines) is 1. The van der Waals surface area contributed by atoms with Gasteiger partial charge in [-0.25, -0.2) is 9.67 Å². The average Bonchev–Trinajstić information content (AvgIpc) is 3.20. The first-order valence-electron chi connectivity index (χ1n) is 7.98. The van der Waals surface area contributed by atoms with E-state index in [2.05, 4.69) is 10.1 Å². The van der Waals surface area contributed by atoms with Crippen molar-refractivity contribution < 1.29 is 4.79 Å². The fourth-order valence-electron chi connectivity index (χ4n) is 3.01. The van der Waals surface area contributed by atoms with Gasteiger partial charge < -0.3 is 10.6 Å². The van der Waals surface area contributed by atoms with Crippen LogP contribution in [0.4, 0.5) is 0 Å². The Labute approximate surface area is 162 Å². The number of aryl methyl sites for hydroxylation is 1. The maximum atomic E-state index is 12.8. The van der Waals surface area contributed by atoms with Gasteiger partial charge in [0.2, 0.25) is 5.82 Å². The second-order valence-corrected chi connectivity index (χ2v) is 6.53. The zero-order valence-corrected chi connectivity index (χ0v) is 16.1. The molecule has 1 amide bonds. The molecule has 2 N–H and O–H groups in total. The minimum atomic E-state index is -0.195. The van der Waals surface area contributed by atoms with E-state index in [0.717, 1.165) is 12.8 Å². The molecule has 1 aliphatic rings. The first-order valence-corrected chi connectivity index (χ1v) is 8.73. The molecule has 25 heavy (non-hydrogen) atoms. The largest absolute Gasteiger partial charge is 0.332 e. The van der Waals surface area contributed by atoms with Crippen molar-refractivity contribution in [3.63, 3.8) is 0 Å². The van der Waals surface area contributed by atoms with E-state index in [1.807, 2.05) is 6.92 Å². The maximum Gasteiger partial charge on any atom is 0.293 e. The smallest absolute Gasteiger partial charge is 0.293 e.